The Hall–Kier alpha value is -4.72. The fourth-order valence-electron chi connectivity index (χ4n) is 6.15. The third-order valence-electron chi connectivity index (χ3n) is 8.28. The molecule has 4 aromatic carbocycles. The summed E-state index contributed by atoms with van der Waals surface area (Å²) in [6.45, 7) is 0.0231. The number of aromatic nitrogens is 1. The molecule has 5 aromatic rings. The van der Waals surface area contributed by atoms with Crippen molar-refractivity contribution in [3.05, 3.63) is 126 Å². The van der Waals surface area contributed by atoms with Gasteiger partial charge in [0, 0.05) is 42.3 Å². The quantitative estimate of drug-likeness (QED) is 0.213. The molecule has 0 bridgehead atoms. The van der Waals surface area contributed by atoms with Crippen molar-refractivity contribution >= 4 is 33.5 Å². The molecule has 5 nitrogen and oxygen atoms in total. The fourth-order valence-corrected chi connectivity index (χ4v) is 6.15. The van der Waals surface area contributed by atoms with Gasteiger partial charge in [-0.1, -0.05) is 78.9 Å². The van der Waals surface area contributed by atoms with Crippen LogP contribution in [0.1, 0.15) is 34.3 Å². The van der Waals surface area contributed by atoms with Gasteiger partial charge in [0.2, 0.25) is 0 Å². The Kier molecular flexibility index (Phi) is 7.84. The van der Waals surface area contributed by atoms with Crippen molar-refractivity contribution in [2.75, 3.05) is 6.54 Å². The van der Waals surface area contributed by atoms with E-state index in [-0.39, 0.29) is 31.8 Å². The van der Waals surface area contributed by atoms with Crippen LogP contribution in [-0.4, -0.2) is 51.4 Å². The molecule has 0 spiro atoms. The van der Waals surface area contributed by atoms with Crippen LogP contribution in [0.3, 0.4) is 0 Å². The lowest BCUT2D eigenvalue weighted by Crippen LogP contribution is -2.55. The van der Waals surface area contributed by atoms with Gasteiger partial charge in [-0.05, 0) is 65.4 Å². The maximum Gasteiger partial charge on any atom is 0.471 e. The number of carbonyl (C=O) groups is 2. The van der Waals surface area contributed by atoms with Crippen LogP contribution in [0.2, 0.25) is 0 Å². The highest BCUT2D eigenvalue weighted by Crippen LogP contribution is 2.32. The van der Waals surface area contributed by atoms with E-state index in [0.717, 1.165) is 21.2 Å². The van der Waals surface area contributed by atoms with Crippen molar-refractivity contribution in [2.45, 2.75) is 44.1 Å². The summed E-state index contributed by atoms with van der Waals surface area (Å²) in [5, 5.41) is 2.66. The van der Waals surface area contributed by atoms with Crippen LogP contribution >= 0.6 is 0 Å². The van der Waals surface area contributed by atoms with Gasteiger partial charge in [0.15, 0.2) is 0 Å². The Labute approximate surface area is 247 Å². The number of amides is 2. The van der Waals surface area contributed by atoms with Gasteiger partial charge in [0.25, 0.3) is 5.91 Å². The zero-order chi connectivity index (χ0) is 30.0. The van der Waals surface area contributed by atoms with Gasteiger partial charge in [-0.3, -0.25) is 14.6 Å². The highest BCUT2D eigenvalue weighted by molar-refractivity contribution is 5.99. The predicted molar refractivity (Wildman–Crippen MR) is 160 cm³/mol. The van der Waals surface area contributed by atoms with E-state index in [4.69, 9.17) is 0 Å². The number of fused-ring (bicyclic) bond motifs is 2. The number of rotatable bonds is 6. The minimum absolute atomic E-state index is 0.168. The van der Waals surface area contributed by atoms with E-state index < -0.39 is 24.2 Å². The molecule has 0 aliphatic carbocycles. The van der Waals surface area contributed by atoms with Crippen LogP contribution in [0.15, 0.2) is 109 Å². The Balaban J connectivity index is 1.33. The summed E-state index contributed by atoms with van der Waals surface area (Å²) in [4.78, 5) is 33.9. The number of hydrogen-bond acceptors (Lipinski definition) is 3. The minimum Gasteiger partial charge on any atom is -0.335 e. The second-order valence-corrected chi connectivity index (χ2v) is 11.0. The maximum absolute atomic E-state index is 14.0. The largest absolute Gasteiger partial charge is 0.471 e. The standard InChI is InChI=1S/C35H30F3N3O2/c36-35(37,38)34(43)41(23-28-16-18-39-32-13-7-6-12-31(28)32)29-17-19-40(30(22-29)20-24-8-2-1-3-9-24)33(42)27-15-14-25-10-4-5-11-26(25)21-27/h1-16,18,21,29-30H,17,19-20,22-23H2/t29-,30+/m0/s1. The lowest BCUT2D eigenvalue weighted by Gasteiger charge is -2.44. The van der Waals surface area contributed by atoms with E-state index in [1.165, 1.54) is 0 Å². The summed E-state index contributed by atoms with van der Waals surface area (Å²) < 4.78 is 42.0. The first-order valence-electron chi connectivity index (χ1n) is 14.3. The minimum atomic E-state index is -5.03. The van der Waals surface area contributed by atoms with Crippen LogP contribution in [0.25, 0.3) is 21.7 Å². The summed E-state index contributed by atoms with van der Waals surface area (Å²) in [6.07, 6.45) is -2.57. The molecule has 0 N–H and O–H groups in total. The number of nitrogens with zero attached hydrogens (tertiary/aromatic N) is 3. The lowest BCUT2D eigenvalue weighted by molar-refractivity contribution is -0.189. The van der Waals surface area contributed by atoms with E-state index in [9.17, 15) is 22.8 Å². The van der Waals surface area contributed by atoms with Crippen molar-refractivity contribution in [1.82, 2.24) is 14.8 Å². The van der Waals surface area contributed by atoms with Crippen molar-refractivity contribution in [3.63, 3.8) is 0 Å². The molecule has 1 aliphatic heterocycles. The van der Waals surface area contributed by atoms with E-state index >= 15 is 0 Å². The predicted octanol–water partition coefficient (Wildman–Crippen LogP) is 7.20. The zero-order valence-electron chi connectivity index (χ0n) is 23.4. The van der Waals surface area contributed by atoms with Gasteiger partial charge in [-0.2, -0.15) is 13.2 Å². The van der Waals surface area contributed by atoms with Gasteiger partial charge in [0.05, 0.1) is 5.52 Å². The van der Waals surface area contributed by atoms with E-state index in [1.54, 1.807) is 41.4 Å². The number of likely N-dealkylation sites (tertiary alicyclic amines) is 1. The Bertz CT molecular complexity index is 1770. The number of hydrogen-bond donors (Lipinski definition) is 0. The molecule has 6 rings (SSSR count). The molecule has 43 heavy (non-hydrogen) atoms. The first-order chi connectivity index (χ1) is 20.8. The summed E-state index contributed by atoms with van der Waals surface area (Å²) >= 11 is 0. The van der Waals surface area contributed by atoms with Crippen molar-refractivity contribution < 1.29 is 22.8 Å². The second-order valence-electron chi connectivity index (χ2n) is 11.0. The average molecular weight is 582 g/mol. The molecule has 218 valence electrons. The van der Waals surface area contributed by atoms with Crippen LogP contribution in [0.4, 0.5) is 13.2 Å². The molecule has 8 heteroatoms. The van der Waals surface area contributed by atoms with Crippen molar-refractivity contribution in [1.29, 1.82) is 0 Å². The summed E-state index contributed by atoms with van der Waals surface area (Å²) in [7, 11) is 0. The molecule has 0 saturated carbocycles. The third kappa shape index (κ3) is 6.09. The molecule has 0 unspecified atom stereocenters. The van der Waals surface area contributed by atoms with Crippen LogP contribution in [0.5, 0.6) is 0 Å². The zero-order valence-corrected chi connectivity index (χ0v) is 23.4. The number of piperidine rings is 1. The van der Waals surface area contributed by atoms with E-state index in [2.05, 4.69) is 4.98 Å². The average Bonchev–Trinajstić information content (AvgIpc) is 3.03. The monoisotopic (exact) mass is 581 g/mol. The molecule has 2 heterocycles. The molecule has 2 amide bonds. The lowest BCUT2D eigenvalue weighted by atomic mass is 9.90. The molecule has 0 radical (unpaired) electrons. The summed E-state index contributed by atoms with van der Waals surface area (Å²) in [5.41, 5.74) is 2.75. The van der Waals surface area contributed by atoms with E-state index in [0.29, 0.717) is 28.5 Å². The fraction of sp³-hybridized carbons (Fsp3) is 0.229. The SMILES string of the molecule is O=C(c1ccc2ccccc2c1)N1CC[C@H](N(Cc2ccnc3ccccc23)C(=O)C(F)(F)F)C[C@H]1Cc1ccccc1. The smallest absolute Gasteiger partial charge is 0.335 e. The summed E-state index contributed by atoms with van der Waals surface area (Å²) in [6, 6.07) is 30.7. The molecule has 1 aliphatic rings. The van der Waals surface area contributed by atoms with E-state index in [1.807, 2.05) is 72.8 Å². The molecular weight excluding hydrogens is 551 g/mol. The highest BCUT2D eigenvalue weighted by atomic mass is 19.4. The molecule has 1 fully saturated rings. The normalized spacial score (nSPS) is 17.2. The van der Waals surface area contributed by atoms with Gasteiger partial charge < -0.3 is 9.80 Å². The number of pyridine rings is 1. The number of benzene rings is 4. The van der Waals surface area contributed by atoms with Crippen molar-refractivity contribution in [2.24, 2.45) is 0 Å². The number of halogens is 3. The molecular formula is C35H30F3N3O2. The van der Waals surface area contributed by atoms with Gasteiger partial charge >= 0.3 is 12.1 Å². The topological polar surface area (TPSA) is 53.5 Å². The molecule has 1 saturated heterocycles. The van der Waals surface area contributed by atoms with Crippen LogP contribution in [0, 0.1) is 0 Å². The first kappa shape index (κ1) is 28.4. The van der Waals surface area contributed by atoms with Crippen molar-refractivity contribution in [3.8, 4) is 0 Å². The Morgan fingerprint density at radius 3 is 2.37 bits per heavy atom. The number of carbonyl (C=O) groups excluding carboxylic acids is 2. The van der Waals surface area contributed by atoms with Gasteiger partial charge in [-0.15, -0.1) is 0 Å². The Morgan fingerprint density at radius 1 is 0.860 bits per heavy atom. The highest BCUT2D eigenvalue weighted by Gasteiger charge is 2.46. The van der Waals surface area contributed by atoms with Crippen LogP contribution in [-0.2, 0) is 17.8 Å². The molecule has 1 aromatic heterocycles. The molecule has 2 atom stereocenters. The Morgan fingerprint density at radius 2 is 1.58 bits per heavy atom. The van der Waals surface area contributed by atoms with Crippen LogP contribution < -0.4 is 0 Å². The summed E-state index contributed by atoms with van der Waals surface area (Å²) in [5.74, 6) is -2.04. The number of para-hydroxylation sites is 1. The number of alkyl halides is 3. The first-order valence-corrected chi connectivity index (χ1v) is 14.3. The van der Waals surface area contributed by atoms with Gasteiger partial charge in [0.1, 0.15) is 0 Å². The van der Waals surface area contributed by atoms with Gasteiger partial charge in [-0.25, -0.2) is 0 Å². The maximum atomic E-state index is 14.0. The third-order valence-corrected chi connectivity index (χ3v) is 8.28. The second kappa shape index (κ2) is 11.9.